The van der Waals surface area contributed by atoms with Crippen LogP contribution in [0, 0.1) is 5.41 Å². The second kappa shape index (κ2) is 6.90. The Morgan fingerprint density at radius 1 is 1.26 bits per heavy atom. The molecule has 1 saturated carbocycles. The maximum absolute atomic E-state index is 12.4. The highest BCUT2D eigenvalue weighted by atomic mass is 35.5. The van der Waals surface area contributed by atoms with E-state index in [-0.39, 0.29) is 30.0 Å². The first-order chi connectivity index (χ1) is 13.0. The molecule has 2 aromatic rings. The third-order valence-corrected chi connectivity index (χ3v) is 5.85. The number of rotatable bonds is 5. The van der Waals surface area contributed by atoms with E-state index in [0.717, 1.165) is 25.9 Å². The molecule has 144 valence electrons. The summed E-state index contributed by atoms with van der Waals surface area (Å²) in [7, 11) is 0. The first-order valence-corrected chi connectivity index (χ1v) is 9.29. The van der Waals surface area contributed by atoms with Crippen LogP contribution >= 0.6 is 11.6 Å². The number of nitrogens with one attached hydrogen (secondary N) is 2. The molecule has 9 nitrogen and oxygen atoms in total. The molecule has 4 rings (SSSR count). The zero-order chi connectivity index (χ0) is 19.0. The molecule has 1 aliphatic carbocycles. The third kappa shape index (κ3) is 3.52. The van der Waals surface area contributed by atoms with Gasteiger partial charge in [0.05, 0.1) is 28.5 Å². The van der Waals surface area contributed by atoms with Crippen molar-refractivity contribution in [3.8, 4) is 11.5 Å². The monoisotopic (exact) mass is 391 g/mol. The number of nitrogens with two attached hydrogens (primary N) is 2. The SMILES string of the molecule is NNc1c(-c2nnc(NCC(=O)N3CCC4(CC3)CC4)o2)ccc(Cl)c1N. The van der Waals surface area contributed by atoms with Gasteiger partial charge in [-0.2, -0.15) is 0 Å². The standard InChI is InChI=1S/C17H22ClN7O2/c18-11-2-1-10(14(22-20)13(11)19)15-23-24-16(27-15)21-9-12(26)25-7-5-17(3-4-17)6-8-25/h1-2,22H,3-9,19-20H2,(H,21,24). The number of benzene rings is 1. The Hall–Kier alpha value is -2.52. The summed E-state index contributed by atoms with van der Waals surface area (Å²) in [6.07, 6.45) is 4.84. The average Bonchev–Trinajstić information content (AvgIpc) is 3.26. The van der Waals surface area contributed by atoms with E-state index in [1.807, 2.05) is 4.90 Å². The van der Waals surface area contributed by atoms with E-state index in [1.54, 1.807) is 12.1 Å². The summed E-state index contributed by atoms with van der Waals surface area (Å²) >= 11 is 6.00. The molecule has 1 saturated heterocycles. The van der Waals surface area contributed by atoms with E-state index in [0.29, 0.717) is 21.7 Å². The van der Waals surface area contributed by atoms with Crippen LogP contribution in [0.2, 0.25) is 5.02 Å². The van der Waals surface area contributed by atoms with Crippen molar-refractivity contribution in [1.29, 1.82) is 0 Å². The first kappa shape index (κ1) is 17.9. The minimum atomic E-state index is 0.0327. The fraction of sp³-hybridized carbons (Fsp3) is 0.471. The van der Waals surface area contributed by atoms with Gasteiger partial charge in [-0.25, -0.2) is 0 Å². The second-order valence-corrected chi connectivity index (χ2v) is 7.58. The number of hydrogen-bond donors (Lipinski definition) is 4. The van der Waals surface area contributed by atoms with Crippen LogP contribution in [-0.2, 0) is 4.79 Å². The molecule has 1 amide bonds. The van der Waals surface area contributed by atoms with E-state index in [2.05, 4.69) is 20.9 Å². The largest absolute Gasteiger partial charge is 0.403 e. The Labute approximate surface area is 161 Å². The molecule has 10 heteroatoms. The van der Waals surface area contributed by atoms with Crippen LogP contribution in [0.3, 0.4) is 0 Å². The summed E-state index contributed by atoms with van der Waals surface area (Å²) in [5.74, 6) is 5.77. The minimum absolute atomic E-state index is 0.0327. The normalized spacial score (nSPS) is 17.8. The second-order valence-electron chi connectivity index (χ2n) is 7.17. The van der Waals surface area contributed by atoms with Crippen molar-refractivity contribution < 1.29 is 9.21 Å². The van der Waals surface area contributed by atoms with Gasteiger partial charge in [-0.3, -0.25) is 10.6 Å². The maximum Gasteiger partial charge on any atom is 0.316 e. The minimum Gasteiger partial charge on any atom is -0.403 e. The number of carbonyl (C=O) groups excluding carboxylic acids is 1. The van der Waals surface area contributed by atoms with Gasteiger partial charge in [0.2, 0.25) is 5.91 Å². The van der Waals surface area contributed by atoms with Crippen LogP contribution in [0.4, 0.5) is 17.4 Å². The van der Waals surface area contributed by atoms with Gasteiger partial charge in [0.15, 0.2) is 0 Å². The number of piperidine rings is 1. The predicted molar refractivity (Wildman–Crippen MR) is 103 cm³/mol. The molecule has 0 bridgehead atoms. The summed E-state index contributed by atoms with van der Waals surface area (Å²) in [5, 5.41) is 11.2. The summed E-state index contributed by atoms with van der Waals surface area (Å²) < 4.78 is 5.59. The van der Waals surface area contributed by atoms with Crippen LogP contribution in [0.5, 0.6) is 0 Å². The summed E-state index contributed by atoms with van der Waals surface area (Å²) in [6, 6.07) is 3.46. The molecule has 0 atom stereocenters. The van der Waals surface area contributed by atoms with Crippen molar-refractivity contribution in [3.05, 3.63) is 17.2 Å². The van der Waals surface area contributed by atoms with Gasteiger partial charge < -0.3 is 25.8 Å². The van der Waals surface area contributed by atoms with Gasteiger partial charge in [-0.05, 0) is 43.2 Å². The number of amides is 1. The number of nitrogens with zero attached hydrogens (tertiary/aromatic N) is 3. The Morgan fingerprint density at radius 3 is 2.67 bits per heavy atom. The summed E-state index contributed by atoms with van der Waals surface area (Å²) in [5.41, 5.74) is 10.2. The van der Waals surface area contributed by atoms with Crippen LogP contribution in [0.25, 0.3) is 11.5 Å². The van der Waals surface area contributed by atoms with Gasteiger partial charge in [-0.1, -0.05) is 16.7 Å². The van der Waals surface area contributed by atoms with Crippen molar-refractivity contribution in [1.82, 2.24) is 15.1 Å². The first-order valence-electron chi connectivity index (χ1n) is 8.91. The number of hydrogen-bond acceptors (Lipinski definition) is 8. The van der Waals surface area contributed by atoms with Crippen molar-refractivity contribution in [3.63, 3.8) is 0 Å². The molecule has 2 fully saturated rings. The fourth-order valence-electron chi connectivity index (χ4n) is 3.50. The number of carbonyl (C=O) groups is 1. The predicted octanol–water partition coefficient (Wildman–Crippen LogP) is 2.07. The lowest BCUT2D eigenvalue weighted by Gasteiger charge is -2.32. The molecule has 2 aliphatic rings. The van der Waals surface area contributed by atoms with E-state index < -0.39 is 0 Å². The number of aromatic nitrogens is 2. The summed E-state index contributed by atoms with van der Waals surface area (Å²) in [6.45, 7) is 1.76. The Kier molecular flexibility index (Phi) is 4.56. The highest BCUT2D eigenvalue weighted by Crippen LogP contribution is 2.53. The van der Waals surface area contributed by atoms with Crippen molar-refractivity contribution in [2.24, 2.45) is 11.3 Å². The van der Waals surface area contributed by atoms with E-state index in [1.165, 1.54) is 12.8 Å². The van der Waals surface area contributed by atoms with Crippen LogP contribution in [0.15, 0.2) is 16.5 Å². The molecule has 1 aromatic heterocycles. The Morgan fingerprint density at radius 2 is 2.00 bits per heavy atom. The quantitative estimate of drug-likeness (QED) is 0.345. The number of anilines is 3. The molecular formula is C17H22ClN7O2. The molecule has 1 spiro atoms. The van der Waals surface area contributed by atoms with Gasteiger partial charge in [0.25, 0.3) is 5.89 Å². The molecule has 2 heterocycles. The van der Waals surface area contributed by atoms with Gasteiger partial charge in [0.1, 0.15) is 0 Å². The Bertz CT molecular complexity index is 855. The zero-order valence-corrected chi connectivity index (χ0v) is 15.6. The van der Waals surface area contributed by atoms with Crippen LogP contribution in [-0.4, -0.2) is 40.6 Å². The molecule has 0 radical (unpaired) electrons. The van der Waals surface area contributed by atoms with E-state index in [4.69, 9.17) is 27.6 Å². The summed E-state index contributed by atoms with van der Waals surface area (Å²) in [4.78, 5) is 14.3. The topological polar surface area (TPSA) is 135 Å². The number of halogens is 1. The molecule has 1 aliphatic heterocycles. The van der Waals surface area contributed by atoms with Crippen LogP contribution < -0.4 is 22.3 Å². The molecule has 0 unspecified atom stereocenters. The number of likely N-dealkylation sites (tertiary alicyclic amines) is 1. The molecule has 6 N–H and O–H groups in total. The van der Waals surface area contributed by atoms with Crippen molar-refractivity contribution in [2.75, 3.05) is 36.1 Å². The number of hydrazine groups is 1. The van der Waals surface area contributed by atoms with E-state index >= 15 is 0 Å². The number of nitrogen functional groups attached to an aromatic ring is 2. The highest BCUT2D eigenvalue weighted by molar-refractivity contribution is 6.34. The lowest BCUT2D eigenvalue weighted by Crippen LogP contribution is -2.41. The third-order valence-electron chi connectivity index (χ3n) is 5.52. The smallest absolute Gasteiger partial charge is 0.316 e. The van der Waals surface area contributed by atoms with E-state index in [9.17, 15) is 4.79 Å². The van der Waals surface area contributed by atoms with Crippen molar-refractivity contribution in [2.45, 2.75) is 25.7 Å². The molecule has 1 aromatic carbocycles. The Balaban J connectivity index is 1.38. The zero-order valence-electron chi connectivity index (χ0n) is 14.8. The fourth-order valence-corrected chi connectivity index (χ4v) is 3.66. The highest BCUT2D eigenvalue weighted by Gasteiger charge is 2.44. The maximum atomic E-state index is 12.4. The lowest BCUT2D eigenvalue weighted by atomic mass is 9.94. The molecule has 27 heavy (non-hydrogen) atoms. The average molecular weight is 392 g/mol. The lowest BCUT2D eigenvalue weighted by molar-refractivity contribution is -0.130. The van der Waals surface area contributed by atoms with Gasteiger partial charge in [-0.15, -0.1) is 5.10 Å². The van der Waals surface area contributed by atoms with Crippen molar-refractivity contribution >= 4 is 34.9 Å². The van der Waals surface area contributed by atoms with Gasteiger partial charge in [0, 0.05) is 13.1 Å². The molecular weight excluding hydrogens is 370 g/mol. The van der Waals surface area contributed by atoms with Crippen LogP contribution in [0.1, 0.15) is 25.7 Å². The van der Waals surface area contributed by atoms with Gasteiger partial charge >= 0.3 is 6.01 Å².